The summed E-state index contributed by atoms with van der Waals surface area (Å²) < 4.78 is 0. The van der Waals surface area contributed by atoms with E-state index in [-0.39, 0.29) is 5.91 Å². The number of thioether (sulfide) groups is 1. The first-order valence-electron chi connectivity index (χ1n) is 7.66. The van der Waals surface area contributed by atoms with Gasteiger partial charge in [0.2, 0.25) is 0 Å². The maximum Gasteiger partial charge on any atom is 0.254 e. The van der Waals surface area contributed by atoms with E-state index >= 15 is 0 Å². The molecule has 2 N–H and O–H groups in total. The van der Waals surface area contributed by atoms with Crippen LogP contribution in [0, 0.1) is 6.92 Å². The first-order valence-corrected chi connectivity index (χ1v) is 9.06. The number of pyridine rings is 1. The van der Waals surface area contributed by atoms with Crippen LogP contribution >= 0.6 is 11.8 Å². The maximum atomic E-state index is 12.2. The molecule has 0 atom stereocenters. The lowest BCUT2D eigenvalue weighted by Gasteiger charge is -2.11. The van der Waals surface area contributed by atoms with Crippen LogP contribution in [0.2, 0.25) is 0 Å². The van der Waals surface area contributed by atoms with Crippen molar-refractivity contribution < 1.29 is 4.79 Å². The molecule has 0 radical (unpaired) electrons. The minimum absolute atomic E-state index is 0.0393. The molecular formula is C16H27N3OS. The Kier molecular flexibility index (Phi) is 8.90. The van der Waals surface area contributed by atoms with E-state index in [1.807, 2.05) is 31.7 Å². The van der Waals surface area contributed by atoms with E-state index in [0.29, 0.717) is 5.56 Å². The fourth-order valence-corrected chi connectivity index (χ4v) is 2.59. The summed E-state index contributed by atoms with van der Waals surface area (Å²) >= 11 is 1.89. The second-order valence-electron chi connectivity index (χ2n) is 5.06. The summed E-state index contributed by atoms with van der Waals surface area (Å²) in [6.45, 7) is 5.47. The molecule has 0 fully saturated rings. The van der Waals surface area contributed by atoms with Gasteiger partial charge in [0.05, 0.1) is 11.3 Å². The smallest absolute Gasteiger partial charge is 0.254 e. The predicted molar refractivity (Wildman–Crippen MR) is 92.3 cm³/mol. The van der Waals surface area contributed by atoms with Crippen LogP contribution in [0.5, 0.6) is 0 Å². The zero-order valence-electron chi connectivity index (χ0n) is 13.4. The second kappa shape index (κ2) is 10.5. The molecular weight excluding hydrogens is 282 g/mol. The van der Waals surface area contributed by atoms with Crippen molar-refractivity contribution in [3.05, 3.63) is 23.5 Å². The van der Waals surface area contributed by atoms with Gasteiger partial charge in [-0.15, -0.1) is 0 Å². The number of carbonyl (C=O) groups is 1. The van der Waals surface area contributed by atoms with Gasteiger partial charge < -0.3 is 10.6 Å². The lowest BCUT2D eigenvalue weighted by Crippen LogP contribution is -2.25. The number of aryl methyl sites for hydroxylation is 1. The summed E-state index contributed by atoms with van der Waals surface area (Å²) in [4.78, 5) is 16.4. The highest BCUT2D eigenvalue weighted by molar-refractivity contribution is 7.98. The molecule has 21 heavy (non-hydrogen) atoms. The highest BCUT2D eigenvalue weighted by atomic mass is 32.2. The van der Waals surface area contributed by atoms with Gasteiger partial charge in [0.25, 0.3) is 5.91 Å². The molecule has 1 rings (SSSR count). The van der Waals surface area contributed by atoms with Gasteiger partial charge in [-0.05, 0) is 44.8 Å². The van der Waals surface area contributed by atoms with Crippen molar-refractivity contribution in [1.82, 2.24) is 10.3 Å². The summed E-state index contributed by atoms with van der Waals surface area (Å²) in [6.07, 6.45) is 8.51. The summed E-state index contributed by atoms with van der Waals surface area (Å²) in [5, 5.41) is 6.20. The molecule has 5 heteroatoms. The van der Waals surface area contributed by atoms with Gasteiger partial charge in [-0.25, -0.2) is 0 Å². The van der Waals surface area contributed by atoms with E-state index in [2.05, 4.69) is 21.9 Å². The highest BCUT2D eigenvalue weighted by Crippen LogP contribution is 2.15. The van der Waals surface area contributed by atoms with Crippen LogP contribution in [0.25, 0.3) is 0 Å². The van der Waals surface area contributed by atoms with Gasteiger partial charge in [-0.2, -0.15) is 11.8 Å². The number of hydrogen-bond acceptors (Lipinski definition) is 4. The zero-order valence-corrected chi connectivity index (χ0v) is 14.2. The molecule has 0 aromatic carbocycles. The number of nitrogens with zero attached hydrogens (tertiary/aromatic N) is 1. The number of hydrogen-bond donors (Lipinski definition) is 2. The molecule has 0 spiro atoms. The lowest BCUT2D eigenvalue weighted by molar-refractivity contribution is 0.0953. The molecule has 0 saturated carbocycles. The minimum Gasteiger partial charge on any atom is -0.385 e. The largest absolute Gasteiger partial charge is 0.385 e. The molecule has 0 aliphatic rings. The van der Waals surface area contributed by atoms with Gasteiger partial charge in [-0.3, -0.25) is 9.78 Å². The van der Waals surface area contributed by atoms with E-state index in [9.17, 15) is 4.79 Å². The van der Waals surface area contributed by atoms with Crippen LogP contribution in [0.1, 0.15) is 48.7 Å². The first kappa shape index (κ1) is 17.8. The molecule has 4 nitrogen and oxygen atoms in total. The third kappa shape index (κ3) is 6.85. The number of unbranched alkanes of at least 4 members (excludes halogenated alkanes) is 3. The van der Waals surface area contributed by atoms with Gasteiger partial charge in [0.15, 0.2) is 0 Å². The third-order valence-corrected chi connectivity index (χ3v) is 3.91. The Balaban J connectivity index is 2.38. The zero-order chi connectivity index (χ0) is 15.5. The topological polar surface area (TPSA) is 54.0 Å². The van der Waals surface area contributed by atoms with Crippen molar-refractivity contribution in [2.24, 2.45) is 0 Å². The van der Waals surface area contributed by atoms with Crippen LogP contribution in [0.15, 0.2) is 12.3 Å². The normalized spacial score (nSPS) is 10.4. The molecule has 0 aliphatic carbocycles. The lowest BCUT2D eigenvalue weighted by atomic mass is 10.1. The standard InChI is InChI=1S/C16H27N3OS/c1-4-17-15-11-13(2)19-12-14(15)16(20)18-9-7-5-6-8-10-21-3/h11-12H,4-10H2,1-3H3,(H,17,19)(H,18,20). The number of nitrogens with one attached hydrogen (secondary N) is 2. The van der Waals surface area contributed by atoms with E-state index in [1.165, 1.54) is 25.0 Å². The van der Waals surface area contributed by atoms with Crippen LogP contribution in [0.3, 0.4) is 0 Å². The van der Waals surface area contributed by atoms with Gasteiger partial charge in [0.1, 0.15) is 0 Å². The van der Waals surface area contributed by atoms with Crippen molar-refractivity contribution in [3.8, 4) is 0 Å². The van der Waals surface area contributed by atoms with Crippen molar-refractivity contribution in [2.75, 3.05) is 30.4 Å². The monoisotopic (exact) mass is 309 g/mol. The minimum atomic E-state index is -0.0393. The highest BCUT2D eigenvalue weighted by Gasteiger charge is 2.11. The Hall–Kier alpha value is -1.23. The Morgan fingerprint density at radius 3 is 2.76 bits per heavy atom. The number of rotatable bonds is 10. The Morgan fingerprint density at radius 1 is 1.29 bits per heavy atom. The molecule has 0 saturated heterocycles. The summed E-state index contributed by atoms with van der Waals surface area (Å²) in [5.74, 6) is 1.19. The Labute approximate surface area is 132 Å². The molecule has 118 valence electrons. The van der Waals surface area contributed by atoms with Gasteiger partial charge in [-0.1, -0.05) is 12.8 Å². The van der Waals surface area contributed by atoms with Gasteiger partial charge >= 0.3 is 0 Å². The molecule has 1 aromatic heterocycles. The fourth-order valence-electron chi connectivity index (χ4n) is 2.10. The molecule has 1 amide bonds. The van der Waals surface area contributed by atoms with E-state index in [1.54, 1.807) is 6.20 Å². The van der Waals surface area contributed by atoms with Crippen molar-refractivity contribution in [1.29, 1.82) is 0 Å². The predicted octanol–water partition coefficient (Wildman–Crippen LogP) is 3.48. The number of carbonyl (C=O) groups excluding carboxylic acids is 1. The summed E-state index contributed by atoms with van der Waals surface area (Å²) in [7, 11) is 0. The average Bonchev–Trinajstić information content (AvgIpc) is 2.46. The average molecular weight is 309 g/mol. The molecule has 1 aromatic rings. The summed E-state index contributed by atoms with van der Waals surface area (Å²) in [6, 6.07) is 1.92. The van der Waals surface area contributed by atoms with Crippen LogP contribution in [-0.2, 0) is 0 Å². The molecule has 1 heterocycles. The third-order valence-electron chi connectivity index (χ3n) is 3.21. The Bertz CT molecular complexity index is 438. The van der Waals surface area contributed by atoms with Gasteiger partial charge in [0, 0.05) is 25.0 Å². The van der Waals surface area contributed by atoms with Crippen LogP contribution < -0.4 is 10.6 Å². The maximum absolute atomic E-state index is 12.2. The SMILES string of the molecule is CCNc1cc(C)ncc1C(=O)NCCCCCCSC. The van der Waals surface area contributed by atoms with E-state index in [0.717, 1.165) is 30.9 Å². The van der Waals surface area contributed by atoms with Crippen molar-refractivity contribution in [2.45, 2.75) is 39.5 Å². The van der Waals surface area contributed by atoms with Crippen LogP contribution in [0.4, 0.5) is 5.69 Å². The van der Waals surface area contributed by atoms with Crippen LogP contribution in [-0.4, -0.2) is 36.0 Å². The van der Waals surface area contributed by atoms with Crippen molar-refractivity contribution in [3.63, 3.8) is 0 Å². The molecule has 0 unspecified atom stereocenters. The number of anilines is 1. The second-order valence-corrected chi connectivity index (χ2v) is 6.05. The fraction of sp³-hybridized carbons (Fsp3) is 0.625. The first-order chi connectivity index (χ1) is 10.2. The summed E-state index contributed by atoms with van der Waals surface area (Å²) in [5.41, 5.74) is 2.41. The number of aromatic nitrogens is 1. The molecule has 0 aliphatic heterocycles. The van der Waals surface area contributed by atoms with Crippen molar-refractivity contribution >= 4 is 23.4 Å². The molecule has 0 bridgehead atoms. The Morgan fingerprint density at radius 2 is 2.05 bits per heavy atom. The number of amides is 1. The van der Waals surface area contributed by atoms with E-state index < -0.39 is 0 Å². The quantitative estimate of drug-likeness (QED) is 0.650. The van der Waals surface area contributed by atoms with E-state index in [4.69, 9.17) is 0 Å².